The molecule has 2 aromatic carbocycles. The number of ether oxygens (including phenoxy) is 2. The number of esters is 1. The molecule has 3 unspecified atom stereocenters. The first-order chi connectivity index (χ1) is 17.4. The maximum atomic E-state index is 11.4. The van der Waals surface area contributed by atoms with Crippen molar-refractivity contribution in [1.29, 1.82) is 0 Å². The summed E-state index contributed by atoms with van der Waals surface area (Å²) in [7, 11) is 0. The van der Waals surface area contributed by atoms with Gasteiger partial charge in [-0.3, -0.25) is 4.79 Å². The highest BCUT2D eigenvalue weighted by Gasteiger charge is 2.25. The van der Waals surface area contributed by atoms with Crippen LogP contribution in [0.5, 0.6) is 5.75 Å². The van der Waals surface area contributed by atoms with E-state index in [-0.39, 0.29) is 31.9 Å². The van der Waals surface area contributed by atoms with Gasteiger partial charge >= 0.3 is 5.97 Å². The Hall–Kier alpha value is -3.86. The number of aliphatic hydroxyl groups excluding tert-OH is 3. The molecule has 3 atom stereocenters. The first kappa shape index (κ1) is 29.4. The van der Waals surface area contributed by atoms with Crippen LogP contribution in [0.2, 0.25) is 0 Å². The van der Waals surface area contributed by atoms with E-state index in [0.29, 0.717) is 22.6 Å². The van der Waals surface area contributed by atoms with E-state index in [1.54, 1.807) is 55.5 Å². The Balaban J connectivity index is 1.88. The van der Waals surface area contributed by atoms with Crippen molar-refractivity contribution in [2.75, 3.05) is 31.6 Å². The van der Waals surface area contributed by atoms with Crippen molar-refractivity contribution >= 4 is 17.6 Å². The predicted octanol–water partition coefficient (Wildman–Crippen LogP) is 1.76. The summed E-state index contributed by atoms with van der Waals surface area (Å²) in [6.45, 7) is 9.57. The molecule has 0 saturated heterocycles. The Kier molecular flexibility index (Phi) is 10.7. The molecule has 6 N–H and O–H groups in total. The summed E-state index contributed by atoms with van der Waals surface area (Å²) in [5, 5.41) is 45.3. The second-order valence-electron chi connectivity index (χ2n) is 8.71. The van der Waals surface area contributed by atoms with E-state index >= 15 is 0 Å². The quantitative estimate of drug-likeness (QED) is 0.126. The van der Waals surface area contributed by atoms with Gasteiger partial charge in [-0.1, -0.05) is 37.4 Å². The molecule has 37 heavy (non-hydrogen) atoms. The van der Waals surface area contributed by atoms with Gasteiger partial charge in [-0.05, 0) is 49.2 Å². The standard InChI is InChI=1S/C27H34N2O8/c1-17(2)26(34)37-16-22(31)13-28-21-9-5-19(6-10-21)27(4,35)20-7-11-24(12-8-20)36-15-23(32)14-29-25(33)18(3)30/h5-12,22-23,28,30-32,35H,1,3,13-16H2,2,4H3,(H,29,33). The number of anilines is 1. The van der Waals surface area contributed by atoms with E-state index in [1.165, 1.54) is 6.92 Å². The monoisotopic (exact) mass is 514 g/mol. The lowest BCUT2D eigenvalue weighted by Crippen LogP contribution is -2.35. The SMILES string of the molecule is C=C(C)C(=O)OCC(O)CNc1ccc(C(C)(O)c2ccc(OCC(O)CNC(=O)C(=C)O)cc2)cc1. The number of benzene rings is 2. The molecule has 0 radical (unpaired) electrons. The zero-order valence-corrected chi connectivity index (χ0v) is 20.9. The van der Waals surface area contributed by atoms with Gasteiger partial charge in [0.2, 0.25) is 0 Å². The minimum absolute atomic E-state index is 0.0899. The van der Waals surface area contributed by atoms with Crippen LogP contribution in [0, 0.1) is 0 Å². The molecule has 0 fully saturated rings. The van der Waals surface area contributed by atoms with E-state index < -0.39 is 35.4 Å². The third-order valence-corrected chi connectivity index (χ3v) is 5.36. The number of carbonyl (C=O) groups excluding carboxylic acids is 2. The minimum Gasteiger partial charge on any atom is -0.503 e. The number of amides is 1. The normalized spacial score (nSPS) is 14.0. The highest BCUT2D eigenvalue weighted by molar-refractivity contribution is 5.90. The highest BCUT2D eigenvalue weighted by Crippen LogP contribution is 2.31. The van der Waals surface area contributed by atoms with E-state index in [4.69, 9.17) is 14.6 Å². The zero-order chi connectivity index (χ0) is 27.6. The van der Waals surface area contributed by atoms with E-state index in [0.717, 1.165) is 0 Å². The van der Waals surface area contributed by atoms with E-state index in [9.17, 15) is 24.9 Å². The second-order valence-corrected chi connectivity index (χ2v) is 8.71. The molecule has 0 aromatic heterocycles. The fourth-order valence-electron chi connectivity index (χ4n) is 3.11. The van der Waals surface area contributed by atoms with Crippen LogP contribution in [0.4, 0.5) is 5.69 Å². The summed E-state index contributed by atoms with van der Waals surface area (Å²) in [4.78, 5) is 22.6. The molecule has 0 aliphatic rings. The molecule has 0 spiro atoms. The predicted molar refractivity (Wildman–Crippen MR) is 138 cm³/mol. The fraction of sp³-hybridized carbons (Fsp3) is 0.333. The van der Waals surface area contributed by atoms with Crippen LogP contribution in [0.3, 0.4) is 0 Å². The molecule has 2 rings (SSSR count). The van der Waals surface area contributed by atoms with Gasteiger partial charge in [-0.2, -0.15) is 0 Å². The van der Waals surface area contributed by atoms with Crippen LogP contribution in [-0.2, 0) is 19.9 Å². The lowest BCUT2D eigenvalue weighted by atomic mass is 9.88. The van der Waals surface area contributed by atoms with Crippen molar-refractivity contribution < 1.29 is 39.5 Å². The Bertz CT molecular complexity index is 995. The molecule has 0 bridgehead atoms. The van der Waals surface area contributed by atoms with Crippen LogP contribution in [-0.4, -0.2) is 70.8 Å². The van der Waals surface area contributed by atoms with Gasteiger partial charge < -0.3 is 40.5 Å². The number of aliphatic hydroxyl groups is 4. The molecular weight excluding hydrogens is 480 g/mol. The van der Waals surface area contributed by atoms with Crippen LogP contribution in [0.1, 0.15) is 25.0 Å². The molecule has 200 valence electrons. The van der Waals surface area contributed by atoms with Crippen molar-refractivity contribution in [3.05, 3.63) is 84.1 Å². The maximum absolute atomic E-state index is 11.4. The molecule has 0 heterocycles. The Morgan fingerprint density at radius 1 is 0.946 bits per heavy atom. The molecular formula is C27H34N2O8. The van der Waals surface area contributed by atoms with Crippen LogP contribution in [0.25, 0.3) is 0 Å². The smallest absolute Gasteiger partial charge is 0.333 e. The molecule has 10 nitrogen and oxygen atoms in total. The molecule has 0 aliphatic heterocycles. The van der Waals surface area contributed by atoms with Gasteiger partial charge in [0.15, 0.2) is 5.76 Å². The molecule has 1 amide bonds. The molecule has 0 aliphatic carbocycles. The van der Waals surface area contributed by atoms with Crippen molar-refractivity contribution in [2.24, 2.45) is 0 Å². The van der Waals surface area contributed by atoms with Crippen molar-refractivity contribution in [3.8, 4) is 5.75 Å². The molecule has 0 saturated carbocycles. The average Bonchev–Trinajstić information content (AvgIpc) is 2.88. The number of nitrogens with one attached hydrogen (secondary N) is 2. The summed E-state index contributed by atoms with van der Waals surface area (Å²) in [6.07, 6.45) is -1.89. The topological polar surface area (TPSA) is 158 Å². The zero-order valence-electron chi connectivity index (χ0n) is 20.9. The third-order valence-electron chi connectivity index (χ3n) is 5.36. The van der Waals surface area contributed by atoms with Crippen molar-refractivity contribution in [1.82, 2.24) is 5.32 Å². The number of hydrogen-bond acceptors (Lipinski definition) is 9. The maximum Gasteiger partial charge on any atom is 0.333 e. The van der Waals surface area contributed by atoms with Crippen molar-refractivity contribution in [3.63, 3.8) is 0 Å². The Labute approximate surface area is 215 Å². The number of hydrogen-bond donors (Lipinski definition) is 6. The van der Waals surface area contributed by atoms with Gasteiger partial charge in [0.1, 0.15) is 36.8 Å². The van der Waals surface area contributed by atoms with Gasteiger partial charge in [-0.25, -0.2) is 4.79 Å². The first-order valence-electron chi connectivity index (χ1n) is 11.5. The van der Waals surface area contributed by atoms with E-state index in [1.807, 2.05) is 0 Å². The van der Waals surface area contributed by atoms with Crippen LogP contribution >= 0.6 is 0 Å². The minimum atomic E-state index is -1.30. The first-order valence-corrected chi connectivity index (χ1v) is 11.5. The Morgan fingerprint density at radius 3 is 2.03 bits per heavy atom. The molecule has 10 heteroatoms. The highest BCUT2D eigenvalue weighted by atomic mass is 16.5. The summed E-state index contributed by atoms with van der Waals surface area (Å²) in [5.41, 5.74) is 0.928. The molecule has 2 aromatic rings. The average molecular weight is 515 g/mol. The number of rotatable bonds is 14. The summed E-state index contributed by atoms with van der Waals surface area (Å²) < 4.78 is 10.4. The van der Waals surface area contributed by atoms with Crippen LogP contribution in [0.15, 0.2) is 73.0 Å². The summed E-state index contributed by atoms with van der Waals surface area (Å²) >= 11 is 0. The van der Waals surface area contributed by atoms with Crippen LogP contribution < -0.4 is 15.4 Å². The third kappa shape index (κ3) is 9.26. The number of carbonyl (C=O) groups is 2. The van der Waals surface area contributed by atoms with E-state index in [2.05, 4.69) is 23.8 Å². The van der Waals surface area contributed by atoms with Gasteiger partial charge in [0.25, 0.3) is 5.91 Å². The van der Waals surface area contributed by atoms with Gasteiger partial charge in [0, 0.05) is 24.4 Å². The van der Waals surface area contributed by atoms with Crippen molar-refractivity contribution in [2.45, 2.75) is 31.7 Å². The lowest BCUT2D eigenvalue weighted by molar-refractivity contribution is -0.141. The fourth-order valence-corrected chi connectivity index (χ4v) is 3.11. The summed E-state index contributed by atoms with van der Waals surface area (Å²) in [6, 6.07) is 13.8. The van der Waals surface area contributed by atoms with Gasteiger partial charge in [-0.15, -0.1) is 0 Å². The second kappa shape index (κ2) is 13.4. The van der Waals surface area contributed by atoms with Gasteiger partial charge in [0.05, 0.1) is 0 Å². The Morgan fingerprint density at radius 2 is 1.49 bits per heavy atom. The lowest BCUT2D eigenvalue weighted by Gasteiger charge is -2.25. The summed E-state index contributed by atoms with van der Waals surface area (Å²) in [5.74, 6) is -1.50. The largest absolute Gasteiger partial charge is 0.503 e.